The second-order valence-corrected chi connectivity index (χ2v) is 33.4. The molecule has 15 heteroatoms. The standard InChI is InChI=1S/C32H22N4.C32H21N3.C30H19N5.C28H19N3/c1-3-13-23(14-4-1)31-25-17-7-8-18-26(25)33-32(34-31)36-29-21-11-9-19-27(29)35(24-15-5-2-6-16-24)28-20-10-12-22-30(28)36;1-2-10-22(11-3-1)23-18-20-24(21-19-23)31-27-14-4-7-15-28(27)33-32(34-31)35-29-16-8-5-12-25(29)26-13-6-9-17-30(26)35;1-4-12-24-23(11-1)29(20-16-17-26(32-19-20)25-13-7-8-18-31-25)34-30(33-24)35-27-14-5-2-9-21(27)22-10-3-6-15-28(22)35;1-2-12-22(13-3-1)27-23-14-6-7-15-24(23)29-28(30-27)31-25-16-8-4-10-20(25)18-19-21-11-5-9-17-26(21)31/h1-22H;1-21H;1-19H;1-19H. The molecule has 8 aromatic heterocycles. The van der Waals surface area contributed by atoms with Crippen LogP contribution in [0.25, 0.3) is 179 Å². The average Bonchev–Trinajstić information content (AvgIpc) is 1.01. The molecule has 10 heterocycles. The molecule has 0 atom stereocenters. The Kier molecular flexibility index (Phi) is 21.3. The van der Waals surface area contributed by atoms with Gasteiger partial charge in [0.05, 0.1) is 112 Å². The van der Waals surface area contributed by atoms with Gasteiger partial charge in [-0.1, -0.05) is 358 Å². The number of rotatable bonds is 11. The van der Waals surface area contributed by atoms with E-state index in [1.54, 1.807) is 6.20 Å². The summed E-state index contributed by atoms with van der Waals surface area (Å²) in [5.74, 6) is 2.65. The molecule has 0 saturated heterocycles. The minimum Gasteiger partial charge on any atom is -0.306 e. The van der Waals surface area contributed by atoms with E-state index >= 15 is 0 Å². The van der Waals surface area contributed by atoms with Crippen LogP contribution in [0.15, 0.2) is 480 Å². The van der Waals surface area contributed by atoms with Crippen molar-refractivity contribution in [2.45, 2.75) is 0 Å². The number of anilines is 9. The van der Waals surface area contributed by atoms with Crippen LogP contribution in [0.3, 0.4) is 0 Å². The van der Waals surface area contributed by atoms with Gasteiger partial charge in [-0.3, -0.25) is 28.9 Å². The Morgan fingerprint density at radius 1 is 0.168 bits per heavy atom. The van der Waals surface area contributed by atoms with Crippen LogP contribution in [-0.4, -0.2) is 59.0 Å². The zero-order valence-corrected chi connectivity index (χ0v) is 74.0. The van der Waals surface area contributed by atoms with Gasteiger partial charge in [0.25, 0.3) is 0 Å². The first kappa shape index (κ1) is 81.4. The first-order valence-corrected chi connectivity index (χ1v) is 45.7. The molecule has 27 rings (SSSR count). The first-order chi connectivity index (χ1) is 68.0. The van der Waals surface area contributed by atoms with E-state index in [1.165, 1.54) is 32.7 Å². The molecule has 0 amide bonds. The van der Waals surface area contributed by atoms with Gasteiger partial charge in [-0.15, -0.1) is 0 Å². The lowest BCUT2D eigenvalue weighted by Gasteiger charge is -2.39. The Balaban J connectivity index is 0.0000000998. The molecule has 0 bridgehead atoms. The van der Waals surface area contributed by atoms with Crippen LogP contribution in [0, 0.1) is 0 Å². The highest BCUT2D eigenvalue weighted by molar-refractivity contribution is 6.11. The van der Waals surface area contributed by atoms with E-state index in [1.807, 2.05) is 121 Å². The van der Waals surface area contributed by atoms with E-state index < -0.39 is 0 Å². The molecule has 0 N–H and O–H groups in total. The van der Waals surface area contributed by atoms with Crippen molar-refractivity contribution in [3.63, 3.8) is 0 Å². The van der Waals surface area contributed by atoms with Gasteiger partial charge in [0.1, 0.15) is 0 Å². The molecule has 0 fully saturated rings. The Labute approximate surface area is 789 Å². The molecule has 15 nitrogen and oxygen atoms in total. The maximum atomic E-state index is 5.19. The van der Waals surface area contributed by atoms with Crippen molar-refractivity contribution in [2.24, 2.45) is 0 Å². The van der Waals surface area contributed by atoms with Crippen LogP contribution in [0.1, 0.15) is 11.1 Å². The molecule has 0 spiro atoms. The molecule has 644 valence electrons. The van der Waals surface area contributed by atoms with Crippen molar-refractivity contribution in [3.8, 4) is 79.4 Å². The predicted molar refractivity (Wildman–Crippen MR) is 562 cm³/mol. The average molecular weight is 1760 g/mol. The van der Waals surface area contributed by atoms with Crippen molar-refractivity contribution in [1.82, 2.24) is 59.0 Å². The molecule has 25 aromatic rings. The summed E-state index contributed by atoms with van der Waals surface area (Å²) >= 11 is 0. The van der Waals surface area contributed by atoms with Crippen LogP contribution in [-0.2, 0) is 0 Å². The summed E-state index contributed by atoms with van der Waals surface area (Å²) < 4.78 is 4.33. The highest BCUT2D eigenvalue weighted by Crippen LogP contribution is 2.54. The molecule has 2 aliphatic heterocycles. The highest BCUT2D eigenvalue weighted by atomic mass is 15.3. The van der Waals surface area contributed by atoms with Crippen LogP contribution in [0.5, 0.6) is 0 Å². The van der Waals surface area contributed by atoms with Crippen molar-refractivity contribution in [1.29, 1.82) is 0 Å². The van der Waals surface area contributed by atoms with Gasteiger partial charge in [0.15, 0.2) is 0 Å². The Bertz CT molecular complexity index is 8380. The van der Waals surface area contributed by atoms with E-state index in [4.69, 9.17) is 44.9 Å². The minimum absolute atomic E-state index is 0.643. The second kappa shape index (κ2) is 35.8. The second-order valence-electron chi connectivity index (χ2n) is 33.4. The van der Waals surface area contributed by atoms with Crippen molar-refractivity contribution < 1.29 is 0 Å². The van der Waals surface area contributed by atoms with Gasteiger partial charge in [-0.25, -0.2) is 39.9 Å². The molecule has 0 unspecified atom stereocenters. The third kappa shape index (κ3) is 15.3. The van der Waals surface area contributed by atoms with Crippen LogP contribution in [0.4, 0.5) is 51.7 Å². The van der Waals surface area contributed by atoms with Crippen molar-refractivity contribution >= 4 is 151 Å². The Morgan fingerprint density at radius 3 is 0.839 bits per heavy atom. The first-order valence-electron chi connectivity index (χ1n) is 45.7. The monoisotopic (exact) mass is 1760 g/mol. The van der Waals surface area contributed by atoms with E-state index in [0.717, 1.165) is 173 Å². The molecular formula is C122H81N15. The van der Waals surface area contributed by atoms with Crippen molar-refractivity contribution in [3.05, 3.63) is 491 Å². The van der Waals surface area contributed by atoms with E-state index in [2.05, 4.69) is 393 Å². The summed E-state index contributed by atoms with van der Waals surface area (Å²) in [6, 6.07) is 160. The Hall–Kier alpha value is -18.9. The predicted octanol–water partition coefficient (Wildman–Crippen LogP) is 30.7. The van der Waals surface area contributed by atoms with E-state index in [-0.39, 0.29) is 0 Å². The lowest BCUT2D eigenvalue weighted by molar-refractivity contribution is 1.01. The van der Waals surface area contributed by atoms with E-state index in [9.17, 15) is 0 Å². The molecule has 137 heavy (non-hydrogen) atoms. The molecule has 17 aromatic carbocycles. The Morgan fingerprint density at radius 2 is 0.445 bits per heavy atom. The number of hydrogen-bond acceptors (Lipinski definition) is 13. The van der Waals surface area contributed by atoms with Gasteiger partial charge < -0.3 is 4.90 Å². The van der Waals surface area contributed by atoms with Gasteiger partial charge in [0, 0.05) is 83.4 Å². The molecule has 0 saturated carbocycles. The number of nitrogens with zero attached hydrogens (tertiary/aromatic N) is 15. The quantitative estimate of drug-likeness (QED) is 0.121. The molecule has 2 aliphatic rings. The third-order valence-corrected chi connectivity index (χ3v) is 25.2. The topological polar surface area (TPSA) is 148 Å². The van der Waals surface area contributed by atoms with Gasteiger partial charge in [-0.05, 0) is 144 Å². The largest absolute Gasteiger partial charge is 0.306 e. The summed E-state index contributed by atoms with van der Waals surface area (Å²) in [4.78, 5) is 56.5. The SMILES string of the molecule is C1=Cc2ccccc2N(c2nc(-c3ccccc3)c3ccccc3n2)c2ccccc21.c1ccc(-c2ccc(-c3nc(-n4c5ccccc5c5ccccc54)nc4ccccc34)cc2)cc1.c1ccc(-c2ccc(-c3nc(-n4c5ccccc5c5ccccc54)nc4ccccc34)cn2)nc1.c1ccc(-c2nc(N3c4ccccc4N(c4ccccc4)c4ccccc43)nc3ccccc23)cc1. The van der Waals surface area contributed by atoms with Crippen molar-refractivity contribution in [2.75, 3.05) is 14.7 Å². The summed E-state index contributed by atoms with van der Waals surface area (Å²) in [6.45, 7) is 0. The highest BCUT2D eigenvalue weighted by Gasteiger charge is 2.33. The van der Waals surface area contributed by atoms with Gasteiger partial charge in [-0.2, -0.15) is 0 Å². The molecule has 0 radical (unpaired) electrons. The smallest absolute Gasteiger partial charge is 0.235 e. The summed E-state index contributed by atoms with van der Waals surface area (Å²) in [7, 11) is 0. The number of pyridine rings is 2. The van der Waals surface area contributed by atoms with Crippen LogP contribution < -0.4 is 14.7 Å². The number of hydrogen-bond donors (Lipinski definition) is 0. The number of aromatic nitrogens is 12. The van der Waals surface area contributed by atoms with E-state index in [0.29, 0.717) is 23.8 Å². The summed E-state index contributed by atoms with van der Waals surface area (Å²) in [6.07, 6.45) is 7.97. The molecular weight excluding hydrogens is 1680 g/mol. The molecule has 0 aliphatic carbocycles. The number of para-hydroxylation sites is 15. The normalized spacial score (nSPS) is 11.9. The third-order valence-electron chi connectivity index (χ3n) is 25.2. The minimum atomic E-state index is 0.643. The maximum absolute atomic E-state index is 5.19. The van der Waals surface area contributed by atoms with Gasteiger partial charge >= 0.3 is 0 Å². The zero-order chi connectivity index (χ0) is 90.9. The van der Waals surface area contributed by atoms with Crippen LogP contribution in [0.2, 0.25) is 0 Å². The fourth-order valence-corrected chi connectivity index (χ4v) is 18.9. The zero-order valence-electron chi connectivity index (χ0n) is 74.0. The lowest BCUT2D eigenvalue weighted by atomic mass is 10.0. The maximum Gasteiger partial charge on any atom is 0.235 e. The van der Waals surface area contributed by atoms with Gasteiger partial charge in [0.2, 0.25) is 23.8 Å². The summed E-state index contributed by atoms with van der Waals surface area (Å²) in [5.41, 5.74) is 29.7. The fraction of sp³-hybridized carbons (Fsp3) is 0. The lowest BCUT2D eigenvalue weighted by Crippen LogP contribution is -2.25. The fourth-order valence-electron chi connectivity index (χ4n) is 18.9. The van der Waals surface area contributed by atoms with Crippen LogP contribution >= 0.6 is 0 Å². The number of fused-ring (bicyclic) bond motifs is 14. The number of benzene rings is 17. The summed E-state index contributed by atoms with van der Waals surface area (Å²) in [5, 5.41) is 8.89.